The summed E-state index contributed by atoms with van der Waals surface area (Å²) < 4.78 is 5.31. The number of ether oxygens (including phenoxy) is 1. The van der Waals surface area contributed by atoms with E-state index in [-0.39, 0.29) is 0 Å². The number of fused-ring (bicyclic) bond motifs is 1. The second-order valence-corrected chi connectivity index (χ2v) is 2.50. The largest absolute Gasteiger partial charge is 0.489 e. The Kier molecular flexibility index (Phi) is 1.52. The summed E-state index contributed by atoms with van der Waals surface area (Å²) >= 11 is 0. The van der Waals surface area contributed by atoms with Gasteiger partial charge < -0.3 is 4.74 Å². The van der Waals surface area contributed by atoms with Crippen LogP contribution in [0.25, 0.3) is 11.1 Å². The maximum Gasteiger partial charge on any atom is 0.395 e. The fourth-order valence-corrected chi connectivity index (χ4v) is 1.22. The Morgan fingerprint density at radius 2 is 2.33 bits per heavy atom. The molecule has 12 heavy (non-hydrogen) atoms. The van der Waals surface area contributed by atoms with E-state index in [9.17, 15) is 0 Å². The number of nitrogens with zero attached hydrogens (tertiary/aromatic N) is 2. The predicted octanol–water partition coefficient (Wildman–Crippen LogP) is 2.58. The van der Waals surface area contributed by atoms with E-state index in [1.807, 2.05) is 18.2 Å². The Labute approximate surface area is 69.9 Å². The van der Waals surface area contributed by atoms with Crippen LogP contribution in [0.5, 0.6) is 5.75 Å². The summed E-state index contributed by atoms with van der Waals surface area (Å²) in [7, 11) is 0. The van der Waals surface area contributed by atoms with Crippen molar-refractivity contribution in [2.24, 2.45) is 0 Å². The Bertz CT molecular complexity index is 377. The van der Waals surface area contributed by atoms with Gasteiger partial charge in [0, 0.05) is 6.07 Å². The molecule has 0 fully saturated rings. The molecule has 58 valence electrons. The Hall–Kier alpha value is -1.82. The van der Waals surface area contributed by atoms with Crippen LogP contribution in [0.4, 0.5) is 5.69 Å². The van der Waals surface area contributed by atoms with E-state index in [0.717, 1.165) is 11.3 Å². The molecule has 1 aliphatic rings. The molecule has 3 heteroatoms. The summed E-state index contributed by atoms with van der Waals surface area (Å²) in [6.45, 7) is 0.585. The molecule has 1 aromatic rings. The first kappa shape index (κ1) is 6.86. The van der Waals surface area contributed by atoms with Crippen LogP contribution in [0.1, 0.15) is 5.56 Å². The molecule has 1 aromatic carbocycles. The smallest absolute Gasteiger partial charge is 0.395 e. The van der Waals surface area contributed by atoms with E-state index >= 15 is 0 Å². The first-order valence-electron chi connectivity index (χ1n) is 3.69. The van der Waals surface area contributed by atoms with E-state index in [1.54, 1.807) is 12.1 Å². The van der Waals surface area contributed by atoms with Gasteiger partial charge in [0.05, 0.1) is 0 Å². The lowest BCUT2D eigenvalue weighted by Crippen LogP contribution is -1.99. The quantitative estimate of drug-likeness (QED) is 0.545. The lowest BCUT2D eigenvalue weighted by atomic mass is 10.1. The molecule has 2 rings (SSSR count). The maximum absolute atomic E-state index is 8.63. The minimum absolute atomic E-state index is 0.545. The fourth-order valence-electron chi connectivity index (χ4n) is 1.22. The van der Waals surface area contributed by atoms with Gasteiger partial charge in [0.1, 0.15) is 17.9 Å². The molecule has 0 spiro atoms. The second kappa shape index (κ2) is 2.67. The summed E-state index contributed by atoms with van der Waals surface area (Å²) in [5.41, 5.74) is 1.38. The fraction of sp³-hybridized carbons (Fsp3) is 0.111. The van der Waals surface area contributed by atoms with Gasteiger partial charge in [-0.3, -0.25) is 0 Å². The average molecular weight is 159 g/mol. The summed E-state index contributed by atoms with van der Waals surface area (Å²) in [5.74, 6) is 0.771. The molecular formula is C9H7N2O+. The zero-order valence-corrected chi connectivity index (χ0v) is 6.40. The molecule has 0 amide bonds. The molecule has 3 nitrogen and oxygen atoms in total. The van der Waals surface area contributed by atoms with Crippen LogP contribution < -0.4 is 4.74 Å². The van der Waals surface area contributed by atoms with Crippen molar-refractivity contribution in [3.63, 3.8) is 0 Å². The molecule has 0 aliphatic carbocycles. The third-order valence-corrected chi connectivity index (χ3v) is 1.77. The van der Waals surface area contributed by atoms with E-state index in [2.05, 4.69) is 4.98 Å². The highest BCUT2D eigenvalue weighted by atomic mass is 16.5. The van der Waals surface area contributed by atoms with E-state index < -0.39 is 0 Å². The third kappa shape index (κ3) is 0.940. The van der Waals surface area contributed by atoms with Gasteiger partial charge in [0.2, 0.25) is 5.39 Å². The molecule has 1 heterocycles. The summed E-state index contributed by atoms with van der Waals surface area (Å²) in [5, 5.41) is 8.63. The summed E-state index contributed by atoms with van der Waals surface area (Å²) in [6, 6.07) is 5.39. The maximum atomic E-state index is 8.63. The minimum Gasteiger partial charge on any atom is -0.489 e. The van der Waals surface area contributed by atoms with E-state index in [0.29, 0.717) is 12.3 Å². The average Bonchev–Trinajstić information content (AvgIpc) is 2.17. The van der Waals surface area contributed by atoms with Crippen LogP contribution in [0.15, 0.2) is 24.3 Å². The summed E-state index contributed by atoms with van der Waals surface area (Å²) in [4.78, 5) is 3.15. The molecule has 0 unspecified atom stereocenters. The molecule has 0 aromatic heterocycles. The normalized spacial score (nSPS) is 12.9. The second-order valence-electron chi connectivity index (χ2n) is 2.50. The molecule has 0 bridgehead atoms. The van der Waals surface area contributed by atoms with Crippen LogP contribution in [-0.2, 0) is 0 Å². The molecule has 0 saturated heterocycles. The van der Waals surface area contributed by atoms with Gasteiger partial charge >= 0.3 is 5.69 Å². The first-order valence-corrected chi connectivity index (χ1v) is 3.69. The molecule has 0 radical (unpaired) electrons. The summed E-state index contributed by atoms with van der Waals surface area (Å²) in [6.07, 6.45) is 3.78. The van der Waals surface area contributed by atoms with Crippen LogP contribution in [0, 0.1) is 5.39 Å². The predicted molar refractivity (Wildman–Crippen MR) is 45.7 cm³/mol. The molecular weight excluding hydrogens is 152 g/mol. The first-order chi connectivity index (χ1) is 5.92. The van der Waals surface area contributed by atoms with Gasteiger partial charge in [-0.05, 0) is 18.2 Å². The number of hydrogen-bond acceptors (Lipinski definition) is 2. The topological polar surface area (TPSA) is 37.4 Å². The number of rotatable bonds is 0. The SMILES string of the molecule is N#[N+]c1cccc2c1C=CCO2. The lowest BCUT2D eigenvalue weighted by Gasteiger charge is -2.08. The van der Waals surface area contributed by atoms with Crippen molar-refractivity contribution in [1.82, 2.24) is 0 Å². The highest BCUT2D eigenvalue weighted by Gasteiger charge is 2.17. The number of diazo groups is 1. The monoisotopic (exact) mass is 159 g/mol. The van der Waals surface area contributed by atoms with Crippen LogP contribution in [0.3, 0.4) is 0 Å². The van der Waals surface area contributed by atoms with Gasteiger partial charge in [0.15, 0.2) is 4.98 Å². The number of hydrogen-bond donors (Lipinski definition) is 0. The van der Waals surface area contributed by atoms with E-state index in [4.69, 9.17) is 10.1 Å². The van der Waals surface area contributed by atoms with Crippen molar-refractivity contribution >= 4 is 11.8 Å². The van der Waals surface area contributed by atoms with Crippen molar-refractivity contribution in [3.8, 4) is 5.75 Å². The molecule has 1 aliphatic heterocycles. The molecule has 0 saturated carbocycles. The van der Waals surface area contributed by atoms with Gasteiger partial charge in [-0.1, -0.05) is 6.07 Å². The standard InChI is InChI=1S/C9H7N2O/c10-11-8-4-1-5-9-7(8)3-2-6-12-9/h1-5H,6H2/q+1. The van der Waals surface area contributed by atoms with Crippen molar-refractivity contribution in [3.05, 3.63) is 34.8 Å². The van der Waals surface area contributed by atoms with Crippen LogP contribution >= 0.6 is 0 Å². The zero-order chi connectivity index (χ0) is 8.39. The molecule has 0 N–H and O–H groups in total. The third-order valence-electron chi connectivity index (χ3n) is 1.77. The van der Waals surface area contributed by atoms with Gasteiger partial charge in [0.25, 0.3) is 0 Å². The lowest BCUT2D eigenvalue weighted by molar-refractivity contribution is 0.359. The van der Waals surface area contributed by atoms with Crippen LogP contribution in [-0.4, -0.2) is 6.61 Å². The van der Waals surface area contributed by atoms with Gasteiger partial charge in [-0.2, -0.15) is 0 Å². The van der Waals surface area contributed by atoms with Gasteiger partial charge in [-0.25, -0.2) is 0 Å². The van der Waals surface area contributed by atoms with E-state index in [1.165, 1.54) is 0 Å². The van der Waals surface area contributed by atoms with Crippen LogP contribution in [0.2, 0.25) is 0 Å². The molecule has 0 atom stereocenters. The Morgan fingerprint density at radius 3 is 3.17 bits per heavy atom. The van der Waals surface area contributed by atoms with Crippen molar-refractivity contribution in [2.45, 2.75) is 0 Å². The van der Waals surface area contributed by atoms with Crippen molar-refractivity contribution in [2.75, 3.05) is 6.61 Å². The minimum atomic E-state index is 0.545. The number of benzene rings is 1. The van der Waals surface area contributed by atoms with Crippen molar-refractivity contribution in [1.29, 1.82) is 5.39 Å². The van der Waals surface area contributed by atoms with Gasteiger partial charge in [-0.15, -0.1) is 0 Å². The Balaban J connectivity index is 2.64. The Morgan fingerprint density at radius 1 is 1.42 bits per heavy atom. The zero-order valence-electron chi connectivity index (χ0n) is 6.40. The highest BCUT2D eigenvalue weighted by molar-refractivity contribution is 5.73. The highest BCUT2D eigenvalue weighted by Crippen LogP contribution is 2.31. The van der Waals surface area contributed by atoms with Crippen molar-refractivity contribution < 1.29 is 4.74 Å².